The van der Waals surface area contributed by atoms with Crippen molar-refractivity contribution in [3.63, 3.8) is 0 Å². The van der Waals surface area contributed by atoms with Gasteiger partial charge in [-0.25, -0.2) is 4.79 Å². The second-order valence-electron chi connectivity index (χ2n) is 5.75. The van der Waals surface area contributed by atoms with Gasteiger partial charge in [-0.15, -0.1) is 0 Å². The summed E-state index contributed by atoms with van der Waals surface area (Å²) in [6.45, 7) is 3.35. The molecule has 1 N–H and O–H groups in total. The Balaban J connectivity index is 2.50. The van der Waals surface area contributed by atoms with Crippen LogP contribution in [0.15, 0.2) is 54.0 Å². The van der Waals surface area contributed by atoms with Crippen LogP contribution >= 0.6 is 11.6 Å². The van der Waals surface area contributed by atoms with Crippen LogP contribution in [0.2, 0.25) is 5.02 Å². The molecule has 0 fully saturated rings. The Bertz CT molecular complexity index is 1040. The lowest BCUT2D eigenvalue weighted by molar-refractivity contribution is -0.385. The van der Waals surface area contributed by atoms with E-state index < -0.39 is 28.4 Å². The molecule has 2 aromatic carbocycles. The second kappa shape index (κ2) is 9.94. The van der Waals surface area contributed by atoms with E-state index in [4.69, 9.17) is 21.1 Å². The number of carbonyl (C=O) groups is 1. The Kier molecular flexibility index (Phi) is 7.59. The van der Waals surface area contributed by atoms with Crippen molar-refractivity contribution >= 4 is 29.2 Å². The van der Waals surface area contributed by atoms with Gasteiger partial charge in [-0.1, -0.05) is 24.3 Å². The number of nitro groups is 1. The second-order valence-corrected chi connectivity index (χ2v) is 6.16. The van der Waals surface area contributed by atoms with E-state index in [-0.39, 0.29) is 34.6 Å². The van der Waals surface area contributed by atoms with E-state index in [1.165, 1.54) is 19.2 Å². The summed E-state index contributed by atoms with van der Waals surface area (Å²) in [4.78, 5) is 26.0. The molecule has 31 heavy (non-hydrogen) atoms. The van der Waals surface area contributed by atoms with Gasteiger partial charge in [0.1, 0.15) is 23.7 Å². The molecule has 2 rings (SSSR count). The number of hydrogen-bond donors (Lipinski definition) is 1. The summed E-state index contributed by atoms with van der Waals surface area (Å²) in [5.74, 6) is -0.518. The smallest absolute Gasteiger partial charge is 0.416 e. The maximum Gasteiger partial charge on any atom is 0.416 e. The number of alkyl halides is 3. The van der Waals surface area contributed by atoms with Crippen LogP contribution in [-0.4, -0.2) is 30.5 Å². The quantitative estimate of drug-likeness (QED) is 0.207. The first kappa shape index (κ1) is 23.7. The van der Waals surface area contributed by atoms with Crippen molar-refractivity contribution in [2.45, 2.75) is 6.18 Å². The van der Waals surface area contributed by atoms with Crippen molar-refractivity contribution in [3.05, 3.63) is 75.3 Å². The van der Waals surface area contributed by atoms with Crippen LogP contribution in [0, 0.1) is 10.1 Å². The molecule has 0 heterocycles. The largest absolute Gasteiger partial charge is 0.473 e. The molecule has 0 radical (unpaired) electrons. The van der Waals surface area contributed by atoms with Crippen molar-refractivity contribution in [1.82, 2.24) is 5.32 Å². The Morgan fingerprint density at radius 2 is 2.03 bits per heavy atom. The lowest BCUT2D eigenvalue weighted by atomic mass is 10.1. The van der Waals surface area contributed by atoms with Crippen LogP contribution in [0.3, 0.4) is 0 Å². The summed E-state index contributed by atoms with van der Waals surface area (Å²) in [6.07, 6.45) is -3.25. The standard InChI is InChI=1S/C19H15ClF3N3O5/c1-3-8-30-17(25-18(27)24-2)13-10-12(5-6-15(13)26(28)29)31-16-7-4-11(9-14(16)20)19(21,22)23/h3-7,9-10H,1,8H2,2H3,(H,24,27). The fourth-order valence-electron chi connectivity index (χ4n) is 2.25. The normalized spacial score (nSPS) is 11.6. The van der Waals surface area contributed by atoms with E-state index >= 15 is 0 Å². The number of urea groups is 1. The van der Waals surface area contributed by atoms with E-state index in [1.54, 1.807) is 0 Å². The summed E-state index contributed by atoms with van der Waals surface area (Å²) >= 11 is 5.88. The van der Waals surface area contributed by atoms with Crippen molar-refractivity contribution in [1.29, 1.82) is 0 Å². The predicted molar refractivity (Wildman–Crippen MR) is 107 cm³/mol. The number of nitrogens with zero attached hydrogens (tertiary/aromatic N) is 2. The number of amides is 2. The summed E-state index contributed by atoms with van der Waals surface area (Å²) in [7, 11) is 1.30. The highest BCUT2D eigenvalue weighted by Gasteiger charge is 2.31. The molecule has 164 valence electrons. The third kappa shape index (κ3) is 6.19. The molecule has 0 aliphatic carbocycles. The summed E-state index contributed by atoms with van der Waals surface area (Å²) < 4.78 is 49.1. The van der Waals surface area contributed by atoms with Gasteiger partial charge in [-0.2, -0.15) is 18.2 Å². The average Bonchev–Trinajstić information content (AvgIpc) is 2.71. The van der Waals surface area contributed by atoms with Crippen LogP contribution in [0.5, 0.6) is 11.5 Å². The fourth-order valence-corrected chi connectivity index (χ4v) is 2.47. The molecule has 12 heteroatoms. The van der Waals surface area contributed by atoms with Gasteiger partial charge in [0, 0.05) is 19.2 Å². The van der Waals surface area contributed by atoms with Gasteiger partial charge in [0.25, 0.3) is 5.69 Å². The van der Waals surface area contributed by atoms with Crippen LogP contribution < -0.4 is 10.1 Å². The van der Waals surface area contributed by atoms with E-state index in [1.807, 2.05) is 0 Å². The molecule has 0 atom stereocenters. The highest BCUT2D eigenvalue weighted by Crippen LogP contribution is 2.37. The van der Waals surface area contributed by atoms with Gasteiger partial charge in [0.2, 0.25) is 5.90 Å². The molecule has 0 aromatic heterocycles. The predicted octanol–water partition coefficient (Wildman–Crippen LogP) is 5.35. The van der Waals surface area contributed by atoms with E-state index in [0.717, 1.165) is 24.3 Å². The van der Waals surface area contributed by atoms with Crippen LogP contribution in [0.25, 0.3) is 0 Å². The Labute approximate surface area is 179 Å². The number of rotatable bonds is 6. The highest BCUT2D eigenvalue weighted by atomic mass is 35.5. The van der Waals surface area contributed by atoms with Gasteiger partial charge >= 0.3 is 12.2 Å². The van der Waals surface area contributed by atoms with Crippen LogP contribution in [0.1, 0.15) is 11.1 Å². The van der Waals surface area contributed by atoms with Crippen molar-refractivity contribution in [2.24, 2.45) is 4.99 Å². The Morgan fingerprint density at radius 3 is 2.58 bits per heavy atom. The molecular weight excluding hydrogens is 443 g/mol. The van der Waals surface area contributed by atoms with Crippen molar-refractivity contribution < 1.29 is 32.4 Å². The van der Waals surface area contributed by atoms with Crippen LogP contribution in [0.4, 0.5) is 23.7 Å². The first-order valence-corrected chi connectivity index (χ1v) is 8.82. The van der Waals surface area contributed by atoms with Gasteiger partial charge in [-0.05, 0) is 24.3 Å². The first-order valence-electron chi connectivity index (χ1n) is 8.44. The third-order valence-electron chi connectivity index (χ3n) is 3.64. The molecule has 0 unspecified atom stereocenters. The SMILES string of the molecule is C=CCOC(=NC(=O)NC)c1cc(Oc2ccc(C(F)(F)F)cc2Cl)ccc1[N+](=O)[O-]. The van der Waals surface area contributed by atoms with Crippen molar-refractivity contribution in [2.75, 3.05) is 13.7 Å². The number of nitro benzene ring substituents is 1. The monoisotopic (exact) mass is 457 g/mol. The molecule has 0 spiro atoms. The van der Waals surface area contributed by atoms with E-state index in [0.29, 0.717) is 6.07 Å². The fraction of sp³-hybridized carbons (Fsp3) is 0.158. The molecule has 0 saturated heterocycles. The topological polar surface area (TPSA) is 103 Å². The number of aliphatic imine (C=N–C) groups is 1. The maximum atomic E-state index is 12.8. The molecular formula is C19H15ClF3N3O5. The molecule has 8 nitrogen and oxygen atoms in total. The summed E-state index contributed by atoms with van der Waals surface area (Å²) in [6, 6.07) is 5.08. The Hall–Kier alpha value is -3.60. The van der Waals surface area contributed by atoms with Gasteiger partial charge in [-0.3, -0.25) is 10.1 Å². The van der Waals surface area contributed by atoms with Gasteiger partial charge < -0.3 is 14.8 Å². The van der Waals surface area contributed by atoms with Crippen molar-refractivity contribution in [3.8, 4) is 11.5 Å². The molecule has 0 aliphatic heterocycles. The van der Waals surface area contributed by atoms with Crippen LogP contribution in [-0.2, 0) is 10.9 Å². The van der Waals surface area contributed by atoms with E-state index in [9.17, 15) is 28.1 Å². The highest BCUT2D eigenvalue weighted by molar-refractivity contribution is 6.32. The summed E-state index contributed by atoms with van der Waals surface area (Å²) in [5.41, 5.74) is -1.61. The van der Waals surface area contributed by atoms with E-state index in [2.05, 4.69) is 16.9 Å². The van der Waals surface area contributed by atoms with Gasteiger partial charge in [0.05, 0.1) is 15.5 Å². The number of ether oxygens (including phenoxy) is 2. The minimum Gasteiger partial charge on any atom is -0.473 e. The number of hydrogen-bond acceptors (Lipinski definition) is 5. The number of carbonyl (C=O) groups excluding carboxylic acids is 1. The summed E-state index contributed by atoms with van der Waals surface area (Å²) in [5, 5.41) is 13.3. The number of benzene rings is 2. The molecule has 2 aromatic rings. The molecule has 0 aliphatic rings. The number of nitrogens with one attached hydrogen (secondary N) is 1. The maximum absolute atomic E-state index is 12.8. The lowest BCUT2D eigenvalue weighted by Gasteiger charge is -2.13. The zero-order chi connectivity index (χ0) is 23.2. The molecule has 0 saturated carbocycles. The minimum absolute atomic E-state index is 0.0194. The molecule has 0 bridgehead atoms. The first-order chi connectivity index (χ1) is 14.6. The number of halogens is 4. The third-order valence-corrected chi connectivity index (χ3v) is 3.93. The Morgan fingerprint density at radius 1 is 1.32 bits per heavy atom. The average molecular weight is 458 g/mol. The lowest BCUT2D eigenvalue weighted by Crippen LogP contribution is -2.18. The molecule has 2 amide bonds. The minimum atomic E-state index is -4.59. The zero-order valence-corrected chi connectivity index (χ0v) is 16.7. The zero-order valence-electron chi connectivity index (χ0n) is 15.9. The van der Waals surface area contributed by atoms with Gasteiger partial charge in [0.15, 0.2) is 0 Å².